The van der Waals surface area contributed by atoms with Crippen LogP contribution in [0.4, 0.5) is 10.5 Å². The van der Waals surface area contributed by atoms with Gasteiger partial charge < -0.3 is 25.8 Å². The maximum atomic E-state index is 13.4. The molecule has 218 valence electrons. The summed E-state index contributed by atoms with van der Waals surface area (Å²) in [6, 6.07) is 27.1. The van der Waals surface area contributed by atoms with Gasteiger partial charge in [-0.2, -0.15) is 0 Å². The van der Waals surface area contributed by atoms with Crippen LogP contribution in [0.3, 0.4) is 0 Å². The molecular weight excluding hydrogens is 538 g/mol. The van der Waals surface area contributed by atoms with Gasteiger partial charge in [0, 0.05) is 49.4 Å². The van der Waals surface area contributed by atoms with E-state index in [0.29, 0.717) is 37.1 Å². The minimum atomic E-state index is -0.232. The molecule has 2 heterocycles. The monoisotopic (exact) mass is 573 g/mol. The molecule has 0 aliphatic carbocycles. The molecule has 1 aliphatic heterocycles. The molecule has 3 amide bonds. The maximum Gasteiger partial charge on any atom is 0.319 e. The first-order chi connectivity index (χ1) is 20.8. The summed E-state index contributed by atoms with van der Waals surface area (Å²) in [6.07, 6.45) is 2.95. The molecule has 1 aliphatic rings. The third-order valence-corrected chi connectivity index (χ3v) is 8.25. The van der Waals surface area contributed by atoms with Crippen LogP contribution >= 0.6 is 0 Å². The largest absolute Gasteiger partial charge is 0.384 e. The lowest BCUT2D eigenvalue weighted by Crippen LogP contribution is -2.47. The molecule has 1 fully saturated rings. The number of aromatic nitrogens is 2. The van der Waals surface area contributed by atoms with Gasteiger partial charge >= 0.3 is 6.03 Å². The molecule has 4 aromatic carbocycles. The Kier molecular flexibility index (Phi) is 7.79. The number of carbonyl (C=O) groups is 2. The maximum absolute atomic E-state index is 13.4. The molecule has 0 radical (unpaired) electrons. The Labute approximate surface area is 250 Å². The van der Waals surface area contributed by atoms with Crippen molar-refractivity contribution in [2.45, 2.75) is 31.7 Å². The number of likely N-dealkylation sites (tertiary alicyclic amines) is 1. The van der Waals surface area contributed by atoms with Gasteiger partial charge in [0.05, 0.1) is 11.0 Å². The second-order valence-electron chi connectivity index (χ2n) is 11.1. The number of nitrogens with zero attached hydrogens (tertiary/aromatic N) is 3. The summed E-state index contributed by atoms with van der Waals surface area (Å²) in [7, 11) is 2.00. The Morgan fingerprint density at radius 3 is 2.37 bits per heavy atom. The molecular formula is C34H35N7O2. The summed E-state index contributed by atoms with van der Waals surface area (Å²) in [4.78, 5) is 32.7. The lowest BCUT2D eigenvalue weighted by Gasteiger charge is -2.32. The van der Waals surface area contributed by atoms with Crippen molar-refractivity contribution in [1.29, 1.82) is 5.41 Å². The van der Waals surface area contributed by atoms with Crippen LogP contribution in [0.25, 0.3) is 21.8 Å². The van der Waals surface area contributed by atoms with E-state index >= 15 is 0 Å². The second-order valence-corrected chi connectivity index (χ2v) is 11.1. The molecule has 9 nitrogen and oxygen atoms in total. The summed E-state index contributed by atoms with van der Waals surface area (Å²) >= 11 is 0. The lowest BCUT2D eigenvalue weighted by molar-refractivity contribution is 0.0709. The number of hydrogen-bond donors (Lipinski definition) is 4. The fraction of sp³-hybridized carbons (Fsp3) is 0.235. The summed E-state index contributed by atoms with van der Waals surface area (Å²) < 4.78 is 2.08. The van der Waals surface area contributed by atoms with Crippen molar-refractivity contribution in [3.05, 3.63) is 107 Å². The number of nitrogens with one attached hydrogen (secondary N) is 3. The van der Waals surface area contributed by atoms with Crippen LogP contribution in [-0.2, 0) is 19.9 Å². The van der Waals surface area contributed by atoms with Gasteiger partial charge in [-0.25, -0.2) is 9.78 Å². The summed E-state index contributed by atoms with van der Waals surface area (Å²) in [5.74, 6) is 0.997. The lowest BCUT2D eigenvalue weighted by atomic mass is 10.0. The van der Waals surface area contributed by atoms with Gasteiger partial charge in [-0.05, 0) is 65.9 Å². The SMILES string of the molecule is Cn1c(CCc2ccc(C(=N)N)cc2)nc2cc(C(=O)N3CCC(NC(=O)Nc4ccc5ccccc5c4)CC3)ccc21. The van der Waals surface area contributed by atoms with Crippen LogP contribution < -0.4 is 16.4 Å². The van der Waals surface area contributed by atoms with E-state index in [1.807, 2.05) is 96.9 Å². The first-order valence-electron chi connectivity index (χ1n) is 14.6. The van der Waals surface area contributed by atoms with Crippen LogP contribution in [0.1, 0.15) is 40.2 Å². The van der Waals surface area contributed by atoms with Crippen molar-refractivity contribution >= 4 is 45.3 Å². The zero-order chi connectivity index (χ0) is 29.9. The zero-order valence-corrected chi connectivity index (χ0v) is 24.1. The van der Waals surface area contributed by atoms with E-state index in [-0.39, 0.29) is 23.8 Å². The number of fused-ring (bicyclic) bond motifs is 2. The Morgan fingerprint density at radius 1 is 0.907 bits per heavy atom. The van der Waals surface area contributed by atoms with E-state index in [2.05, 4.69) is 15.2 Å². The van der Waals surface area contributed by atoms with Crippen molar-refractivity contribution in [3.8, 4) is 0 Å². The third kappa shape index (κ3) is 6.21. The Bertz CT molecular complexity index is 1820. The number of aryl methyl sites for hydroxylation is 3. The first kappa shape index (κ1) is 28.0. The third-order valence-electron chi connectivity index (χ3n) is 8.25. The average Bonchev–Trinajstić information content (AvgIpc) is 3.34. The highest BCUT2D eigenvalue weighted by molar-refractivity contribution is 5.98. The predicted molar refractivity (Wildman–Crippen MR) is 171 cm³/mol. The highest BCUT2D eigenvalue weighted by Gasteiger charge is 2.25. The molecule has 43 heavy (non-hydrogen) atoms. The van der Waals surface area contributed by atoms with Gasteiger partial charge in [0.25, 0.3) is 5.91 Å². The number of rotatable bonds is 7. The van der Waals surface area contributed by atoms with E-state index in [9.17, 15) is 9.59 Å². The van der Waals surface area contributed by atoms with Crippen molar-refractivity contribution in [3.63, 3.8) is 0 Å². The van der Waals surface area contributed by atoms with Gasteiger partial charge in [0.1, 0.15) is 11.7 Å². The number of imidazole rings is 1. The molecule has 5 N–H and O–H groups in total. The molecule has 0 atom stereocenters. The molecule has 0 spiro atoms. The fourth-order valence-electron chi connectivity index (χ4n) is 5.74. The van der Waals surface area contributed by atoms with Crippen LogP contribution in [0.2, 0.25) is 0 Å². The second kappa shape index (κ2) is 12.0. The van der Waals surface area contributed by atoms with Gasteiger partial charge in [0.15, 0.2) is 0 Å². The number of urea groups is 1. The van der Waals surface area contributed by atoms with Crippen molar-refractivity contribution in [1.82, 2.24) is 19.8 Å². The molecule has 1 aromatic heterocycles. The highest BCUT2D eigenvalue weighted by Crippen LogP contribution is 2.22. The molecule has 0 bridgehead atoms. The number of nitrogen functional groups attached to an aromatic ring is 1. The molecule has 0 unspecified atom stereocenters. The quantitative estimate of drug-likeness (QED) is 0.157. The number of anilines is 1. The Balaban J connectivity index is 1.03. The van der Waals surface area contributed by atoms with E-state index in [0.717, 1.165) is 51.7 Å². The van der Waals surface area contributed by atoms with Crippen molar-refractivity contribution < 1.29 is 9.59 Å². The molecule has 9 heteroatoms. The topological polar surface area (TPSA) is 129 Å². The molecule has 5 aromatic rings. The van der Waals surface area contributed by atoms with Crippen LogP contribution in [0.15, 0.2) is 84.9 Å². The summed E-state index contributed by atoms with van der Waals surface area (Å²) in [5.41, 5.74) is 10.6. The van der Waals surface area contributed by atoms with E-state index in [4.69, 9.17) is 16.1 Å². The van der Waals surface area contributed by atoms with Crippen molar-refractivity contribution in [2.75, 3.05) is 18.4 Å². The van der Waals surface area contributed by atoms with E-state index in [1.165, 1.54) is 0 Å². The zero-order valence-electron chi connectivity index (χ0n) is 24.1. The number of amides is 3. The van der Waals surface area contributed by atoms with Gasteiger partial charge in [0.2, 0.25) is 0 Å². The fourth-order valence-corrected chi connectivity index (χ4v) is 5.74. The van der Waals surface area contributed by atoms with Crippen LogP contribution in [-0.4, -0.2) is 51.4 Å². The Morgan fingerprint density at radius 2 is 1.63 bits per heavy atom. The Hall–Kier alpha value is -5.18. The number of hydrogen-bond acceptors (Lipinski definition) is 4. The summed E-state index contributed by atoms with van der Waals surface area (Å²) in [6.45, 7) is 1.15. The van der Waals surface area contributed by atoms with Gasteiger partial charge in [-0.1, -0.05) is 54.6 Å². The number of nitrogens with two attached hydrogens (primary N) is 1. The summed E-state index contributed by atoms with van der Waals surface area (Å²) in [5, 5.41) is 15.8. The highest BCUT2D eigenvalue weighted by atomic mass is 16.2. The normalized spacial score (nSPS) is 13.7. The van der Waals surface area contributed by atoms with Gasteiger partial charge in [-0.3, -0.25) is 10.2 Å². The van der Waals surface area contributed by atoms with Crippen molar-refractivity contribution in [2.24, 2.45) is 12.8 Å². The molecule has 0 saturated carbocycles. The number of piperidine rings is 1. The number of benzene rings is 4. The van der Waals surface area contributed by atoms with Crippen LogP contribution in [0.5, 0.6) is 0 Å². The van der Waals surface area contributed by atoms with Gasteiger partial charge in [-0.15, -0.1) is 0 Å². The molecule has 6 rings (SSSR count). The van der Waals surface area contributed by atoms with E-state index < -0.39 is 0 Å². The van der Waals surface area contributed by atoms with Crippen LogP contribution in [0, 0.1) is 5.41 Å². The van der Waals surface area contributed by atoms with E-state index in [1.54, 1.807) is 0 Å². The minimum absolute atomic E-state index is 0.00370. The molecule has 1 saturated heterocycles. The average molecular weight is 574 g/mol. The number of amidine groups is 1. The predicted octanol–water partition coefficient (Wildman–Crippen LogP) is 5.22. The smallest absolute Gasteiger partial charge is 0.319 e. The first-order valence-corrected chi connectivity index (χ1v) is 14.6. The standard InChI is InChI=1S/C34H35N7O2/c1-40-30-14-12-26(21-29(30)39-31(40)15-8-22-6-9-24(10-7-22)32(35)36)33(42)41-18-16-27(17-19-41)37-34(43)38-28-13-11-23-4-2-3-5-25(23)20-28/h2-7,9-14,20-21,27H,8,15-19H2,1H3,(H3,35,36)(H2,37,38,43). The minimum Gasteiger partial charge on any atom is -0.384 e. The number of carbonyl (C=O) groups excluding carboxylic acids is 2.